The normalized spacial score (nSPS) is 24.9. The smallest absolute Gasteiger partial charge is 0.0221 e. The fourth-order valence-corrected chi connectivity index (χ4v) is 3.93. The zero-order chi connectivity index (χ0) is 15.1. The minimum absolute atomic E-state index is 0.666. The van der Waals surface area contributed by atoms with E-state index < -0.39 is 0 Å². The second-order valence-corrected chi connectivity index (χ2v) is 7.29. The van der Waals surface area contributed by atoms with Crippen LogP contribution >= 0.6 is 11.8 Å². The molecule has 118 valence electrons. The van der Waals surface area contributed by atoms with Gasteiger partial charge in [0.05, 0.1) is 0 Å². The van der Waals surface area contributed by atoms with Crippen LogP contribution in [0.25, 0.3) is 0 Å². The van der Waals surface area contributed by atoms with Gasteiger partial charge in [-0.05, 0) is 24.5 Å². The maximum Gasteiger partial charge on any atom is 0.0221 e. The Kier molecular flexibility index (Phi) is 7.08. The fourth-order valence-electron chi connectivity index (χ4n) is 3.02. The van der Waals surface area contributed by atoms with Gasteiger partial charge in [0, 0.05) is 42.4 Å². The van der Waals surface area contributed by atoms with Gasteiger partial charge >= 0.3 is 0 Å². The lowest BCUT2D eigenvalue weighted by molar-refractivity contribution is 0.113. The van der Waals surface area contributed by atoms with Crippen LogP contribution in [-0.4, -0.2) is 42.4 Å². The van der Waals surface area contributed by atoms with E-state index in [9.17, 15) is 0 Å². The lowest BCUT2D eigenvalue weighted by atomic mass is 9.95. The molecule has 3 atom stereocenters. The van der Waals surface area contributed by atoms with Gasteiger partial charge in [0.15, 0.2) is 0 Å². The largest absolute Gasteiger partial charge is 0.311 e. The Morgan fingerprint density at radius 1 is 1.29 bits per heavy atom. The highest BCUT2D eigenvalue weighted by molar-refractivity contribution is 7.99. The first kappa shape index (κ1) is 16.9. The molecule has 1 aromatic carbocycles. The third kappa shape index (κ3) is 5.01. The standard InChI is InChI=1S/C18H30N2S/c1-4-15(3)18-14-20(16(5-2)13-19-18)11-12-21-17-9-7-6-8-10-17/h6-10,15-16,18-19H,4-5,11-14H2,1-3H3. The Morgan fingerprint density at radius 2 is 2.05 bits per heavy atom. The maximum atomic E-state index is 3.76. The minimum Gasteiger partial charge on any atom is -0.311 e. The summed E-state index contributed by atoms with van der Waals surface area (Å²) < 4.78 is 0. The molecule has 1 saturated heterocycles. The van der Waals surface area contributed by atoms with Crippen molar-refractivity contribution in [2.24, 2.45) is 5.92 Å². The van der Waals surface area contributed by atoms with E-state index in [0.29, 0.717) is 12.1 Å². The Bertz CT molecular complexity index is 395. The summed E-state index contributed by atoms with van der Waals surface area (Å²) >= 11 is 1.98. The van der Waals surface area contributed by atoms with Crippen molar-refractivity contribution < 1.29 is 0 Å². The van der Waals surface area contributed by atoms with Crippen LogP contribution in [0.2, 0.25) is 0 Å². The van der Waals surface area contributed by atoms with Crippen LogP contribution in [0.4, 0.5) is 0 Å². The van der Waals surface area contributed by atoms with Gasteiger partial charge < -0.3 is 5.32 Å². The number of hydrogen-bond acceptors (Lipinski definition) is 3. The summed E-state index contributed by atoms with van der Waals surface area (Å²) in [7, 11) is 0. The number of hydrogen-bond donors (Lipinski definition) is 1. The van der Waals surface area contributed by atoms with E-state index in [1.807, 2.05) is 11.8 Å². The molecule has 0 spiro atoms. The van der Waals surface area contributed by atoms with Crippen molar-refractivity contribution >= 4 is 11.8 Å². The van der Waals surface area contributed by atoms with Gasteiger partial charge in [-0.25, -0.2) is 0 Å². The second kappa shape index (κ2) is 8.82. The van der Waals surface area contributed by atoms with Gasteiger partial charge in [-0.2, -0.15) is 0 Å². The molecule has 1 aliphatic rings. The van der Waals surface area contributed by atoms with Crippen LogP contribution in [0.5, 0.6) is 0 Å². The molecule has 2 nitrogen and oxygen atoms in total. The molecule has 0 amide bonds. The van der Waals surface area contributed by atoms with Crippen molar-refractivity contribution in [2.75, 3.05) is 25.4 Å². The zero-order valence-electron chi connectivity index (χ0n) is 13.7. The molecule has 1 N–H and O–H groups in total. The minimum atomic E-state index is 0.666. The lowest BCUT2D eigenvalue weighted by Crippen LogP contribution is -2.58. The molecule has 0 aromatic heterocycles. The van der Waals surface area contributed by atoms with E-state index in [1.165, 1.54) is 36.6 Å². The molecular formula is C18H30N2S. The molecule has 3 heteroatoms. The highest BCUT2D eigenvalue weighted by atomic mass is 32.2. The molecule has 0 saturated carbocycles. The van der Waals surface area contributed by atoms with Crippen molar-refractivity contribution in [3.8, 4) is 0 Å². The SMILES string of the molecule is CCC(C)C1CN(CCSc2ccccc2)C(CC)CN1. The first-order valence-electron chi connectivity index (χ1n) is 8.39. The third-order valence-electron chi connectivity index (χ3n) is 4.76. The van der Waals surface area contributed by atoms with Crippen molar-refractivity contribution in [3.05, 3.63) is 30.3 Å². The molecule has 1 heterocycles. The van der Waals surface area contributed by atoms with Crippen LogP contribution in [0.1, 0.15) is 33.6 Å². The molecule has 1 aromatic rings. The van der Waals surface area contributed by atoms with E-state index in [4.69, 9.17) is 0 Å². The number of rotatable bonds is 7. The number of piperazine rings is 1. The van der Waals surface area contributed by atoms with E-state index in [2.05, 4.69) is 61.3 Å². The number of nitrogens with one attached hydrogen (secondary N) is 1. The summed E-state index contributed by atoms with van der Waals surface area (Å²) in [4.78, 5) is 4.10. The third-order valence-corrected chi connectivity index (χ3v) is 5.75. The van der Waals surface area contributed by atoms with Crippen LogP contribution < -0.4 is 5.32 Å². The number of thioether (sulfide) groups is 1. The molecule has 0 aliphatic carbocycles. The molecule has 0 bridgehead atoms. The molecular weight excluding hydrogens is 276 g/mol. The molecule has 1 fully saturated rings. The molecule has 21 heavy (non-hydrogen) atoms. The molecule has 3 unspecified atom stereocenters. The quantitative estimate of drug-likeness (QED) is 0.770. The van der Waals surface area contributed by atoms with E-state index in [-0.39, 0.29) is 0 Å². The summed E-state index contributed by atoms with van der Waals surface area (Å²) in [5, 5.41) is 3.76. The Hall–Kier alpha value is -0.510. The molecule has 1 aliphatic heterocycles. The summed E-state index contributed by atoms with van der Waals surface area (Å²) in [5.41, 5.74) is 0. The second-order valence-electron chi connectivity index (χ2n) is 6.12. The first-order chi connectivity index (χ1) is 10.2. The van der Waals surface area contributed by atoms with Gasteiger partial charge in [-0.1, -0.05) is 45.4 Å². The number of benzene rings is 1. The van der Waals surface area contributed by atoms with Crippen LogP contribution in [0.15, 0.2) is 35.2 Å². The Morgan fingerprint density at radius 3 is 2.71 bits per heavy atom. The van der Waals surface area contributed by atoms with Gasteiger partial charge in [0.2, 0.25) is 0 Å². The van der Waals surface area contributed by atoms with Gasteiger partial charge in [0.1, 0.15) is 0 Å². The summed E-state index contributed by atoms with van der Waals surface area (Å²) in [6, 6.07) is 12.1. The summed E-state index contributed by atoms with van der Waals surface area (Å²) in [5.74, 6) is 1.96. The van der Waals surface area contributed by atoms with Gasteiger partial charge in [-0.3, -0.25) is 4.90 Å². The highest BCUT2D eigenvalue weighted by Crippen LogP contribution is 2.20. The van der Waals surface area contributed by atoms with Crippen molar-refractivity contribution in [1.82, 2.24) is 10.2 Å². The van der Waals surface area contributed by atoms with Crippen LogP contribution in [-0.2, 0) is 0 Å². The predicted molar refractivity (Wildman–Crippen MR) is 94.1 cm³/mol. The zero-order valence-corrected chi connectivity index (χ0v) is 14.5. The highest BCUT2D eigenvalue weighted by Gasteiger charge is 2.28. The van der Waals surface area contributed by atoms with Gasteiger partial charge in [-0.15, -0.1) is 11.8 Å². The predicted octanol–water partition coefficient (Wildman–Crippen LogP) is 3.88. The van der Waals surface area contributed by atoms with Crippen molar-refractivity contribution in [2.45, 2.75) is 50.6 Å². The Labute approximate surface area is 134 Å². The van der Waals surface area contributed by atoms with E-state index in [1.54, 1.807) is 0 Å². The average molecular weight is 307 g/mol. The maximum absolute atomic E-state index is 3.76. The summed E-state index contributed by atoms with van der Waals surface area (Å²) in [6.45, 7) is 10.6. The fraction of sp³-hybridized carbons (Fsp3) is 0.667. The molecule has 0 radical (unpaired) electrons. The van der Waals surface area contributed by atoms with Gasteiger partial charge in [0.25, 0.3) is 0 Å². The van der Waals surface area contributed by atoms with E-state index in [0.717, 1.165) is 12.5 Å². The Balaban J connectivity index is 1.83. The lowest BCUT2D eigenvalue weighted by Gasteiger charge is -2.42. The van der Waals surface area contributed by atoms with Crippen LogP contribution in [0.3, 0.4) is 0 Å². The average Bonchev–Trinajstić information content (AvgIpc) is 2.55. The van der Waals surface area contributed by atoms with Crippen LogP contribution in [0, 0.1) is 5.92 Å². The summed E-state index contributed by atoms with van der Waals surface area (Å²) in [6.07, 6.45) is 2.51. The topological polar surface area (TPSA) is 15.3 Å². The molecule has 2 rings (SSSR count). The van der Waals surface area contributed by atoms with Crippen molar-refractivity contribution in [3.63, 3.8) is 0 Å². The first-order valence-corrected chi connectivity index (χ1v) is 9.38. The monoisotopic (exact) mass is 306 g/mol. The van der Waals surface area contributed by atoms with E-state index >= 15 is 0 Å². The number of nitrogens with zero attached hydrogens (tertiary/aromatic N) is 1. The van der Waals surface area contributed by atoms with Crippen molar-refractivity contribution in [1.29, 1.82) is 0 Å².